The van der Waals surface area contributed by atoms with E-state index >= 15 is 0 Å². The molecule has 8 heteroatoms. The van der Waals surface area contributed by atoms with E-state index in [1.54, 1.807) is 0 Å². The van der Waals surface area contributed by atoms with Crippen molar-refractivity contribution in [1.82, 2.24) is 4.98 Å². The van der Waals surface area contributed by atoms with Gasteiger partial charge in [-0.15, -0.1) is 0 Å². The molecule has 1 aliphatic carbocycles. The van der Waals surface area contributed by atoms with Gasteiger partial charge in [-0.05, 0) is 18.3 Å². The van der Waals surface area contributed by atoms with Crippen molar-refractivity contribution in [3.63, 3.8) is 0 Å². The summed E-state index contributed by atoms with van der Waals surface area (Å²) in [5.41, 5.74) is 0.500. The Kier molecular flexibility index (Phi) is 3.40. The number of aliphatic hydroxyl groups is 1. The number of piperidine rings is 1. The molecule has 5 nitrogen and oxygen atoms in total. The van der Waals surface area contributed by atoms with Crippen LogP contribution in [-0.2, 0) is 0 Å². The minimum Gasteiger partial charge on any atom is -0.494 e. The maximum Gasteiger partial charge on any atom is 0.416 e. The molecule has 1 saturated carbocycles. The van der Waals surface area contributed by atoms with Gasteiger partial charge in [-0.2, -0.15) is 18.4 Å². The lowest BCUT2D eigenvalue weighted by Gasteiger charge is -2.33. The Morgan fingerprint density at radius 1 is 1.55 bits per heavy atom. The molecule has 4 atom stereocenters. The number of hydrogen-bond acceptors (Lipinski definition) is 5. The summed E-state index contributed by atoms with van der Waals surface area (Å²) in [6, 6.07) is 2.34. The van der Waals surface area contributed by atoms with Gasteiger partial charge in [-0.25, -0.2) is 4.98 Å². The Labute approximate surface area is 124 Å². The fourth-order valence-corrected chi connectivity index (χ4v) is 3.21. The number of fused-ring (bicyclic) bond motifs is 1. The summed E-state index contributed by atoms with van der Waals surface area (Å²) in [6.45, 7) is 0.444. The first kappa shape index (κ1) is 14.9. The van der Waals surface area contributed by atoms with Gasteiger partial charge in [0.1, 0.15) is 6.07 Å². The molecule has 0 radical (unpaired) electrons. The van der Waals surface area contributed by atoms with E-state index in [0.717, 1.165) is 0 Å². The van der Waals surface area contributed by atoms with Crippen LogP contribution in [0.5, 0.6) is 5.75 Å². The molecule has 1 saturated heterocycles. The van der Waals surface area contributed by atoms with E-state index in [1.807, 2.05) is 6.07 Å². The van der Waals surface area contributed by atoms with Crippen LogP contribution in [0.1, 0.15) is 12.1 Å². The topological polar surface area (TPSA) is 69.4 Å². The first-order valence-electron chi connectivity index (χ1n) is 6.82. The van der Waals surface area contributed by atoms with Gasteiger partial charge in [-0.1, -0.05) is 0 Å². The smallest absolute Gasteiger partial charge is 0.416 e. The predicted molar refractivity (Wildman–Crippen MR) is 70.3 cm³/mol. The molecule has 22 heavy (non-hydrogen) atoms. The number of hydrogen-bond donors (Lipinski definition) is 1. The number of halogens is 3. The number of methoxy groups -OCH3 is 1. The number of rotatable bonds is 3. The number of aliphatic hydroxyl groups excluding tert-OH is 1. The highest BCUT2D eigenvalue weighted by molar-refractivity contribution is 5.55. The van der Waals surface area contributed by atoms with Crippen LogP contribution >= 0.6 is 0 Å². The first-order valence-corrected chi connectivity index (χ1v) is 6.82. The van der Waals surface area contributed by atoms with Gasteiger partial charge >= 0.3 is 6.18 Å². The fourth-order valence-electron chi connectivity index (χ4n) is 3.21. The monoisotopic (exact) mass is 313 g/mol. The number of aromatic nitrogens is 1. The minimum atomic E-state index is -4.66. The molecule has 0 amide bonds. The van der Waals surface area contributed by atoms with Crippen LogP contribution in [0.15, 0.2) is 12.3 Å². The second-order valence-electron chi connectivity index (χ2n) is 5.65. The van der Waals surface area contributed by atoms with Crippen molar-refractivity contribution in [1.29, 1.82) is 5.26 Å². The van der Waals surface area contributed by atoms with Crippen LogP contribution in [0.2, 0.25) is 0 Å². The van der Waals surface area contributed by atoms with Crippen LogP contribution < -0.4 is 9.64 Å². The SMILES string of the molecule is COc1cc(N2C[C@H]3C[C@H]3[C@@H]2[C@@H](O)C(F)(F)F)cnc1C#N. The normalized spacial score (nSPS) is 28.0. The van der Waals surface area contributed by atoms with Gasteiger partial charge in [0.25, 0.3) is 0 Å². The summed E-state index contributed by atoms with van der Waals surface area (Å²) in [7, 11) is 1.37. The number of nitriles is 1. The van der Waals surface area contributed by atoms with Gasteiger partial charge in [0, 0.05) is 12.6 Å². The zero-order valence-corrected chi connectivity index (χ0v) is 11.7. The largest absolute Gasteiger partial charge is 0.494 e. The minimum absolute atomic E-state index is 0.0727. The van der Waals surface area contributed by atoms with E-state index < -0.39 is 18.3 Å². The number of anilines is 1. The fraction of sp³-hybridized carbons (Fsp3) is 0.571. The molecule has 0 spiro atoms. The van der Waals surface area contributed by atoms with Crippen molar-refractivity contribution in [2.24, 2.45) is 11.8 Å². The molecular formula is C14H14F3N3O2. The van der Waals surface area contributed by atoms with Crippen LogP contribution in [0.4, 0.5) is 18.9 Å². The van der Waals surface area contributed by atoms with Crippen LogP contribution in [-0.4, -0.2) is 42.1 Å². The Morgan fingerprint density at radius 3 is 2.86 bits per heavy atom. The molecule has 1 aromatic heterocycles. The molecule has 1 aliphatic heterocycles. The van der Waals surface area contributed by atoms with E-state index in [1.165, 1.54) is 24.3 Å². The highest BCUT2D eigenvalue weighted by atomic mass is 19.4. The Morgan fingerprint density at radius 2 is 2.27 bits per heavy atom. The van der Waals surface area contributed by atoms with Crippen LogP contribution in [0, 0.1) is 23.2 Å². The van der Waals surface area contributed by atoms with Crippen molar-refractivity contribution in [2.45, 2.75) is 24.7 Å². The molecule has 0 bridgehead atoms. The van der Waals surface area contributed by atoms with Crippen molar-refractivity contribution >= 4 is 5.69 Å². The lowest BCUT2D eigenvalue weighted by Crippen LogP contribution is -2.49. The first-order chi connectivity index (χ1) is 10.4. The Balaban J connectivity index is 1.92. The third kappa shape index (κ3) is 2.35. The lowest BCUT2D eigenvalue weighted by atomic mass is 10.1. The predicted octanol–water partition coefficient (Wildman–Crippen LogP) is 1.71. The highest BCUT2D eigenvalue weighted by Crippen LogP contribution is 2.53. The molecule has 2 aliphatic rings. The van der Waals surface area contributed by atoms with Crippen LogP contribution in [0.25, 0.3) is 0 Å². The summed E-state index contributed by atoms with van der Waals surface area (Å²) in [5.74, 6) is 0.225. The molecule has 0 aromatic carbocycles. The quantitative estimate of drug-likeness (QED) is 0.920. The third-order valence-electron chi connectivity index (χ3n) is 4.36. The van der Waals surface area contributed by atoms with E-state index in [2.05, 4.69) is 4.98 Å². The van der Waals surface area contributed by atoms with E-state index in [-0.39, 0.29) is 23.3 Å². The maximum absolute atomic E-state index is 12.9. The van der Waals surface area contributed by atoms with E-state index in [0.29, 0.717) is 18.7 Å². The number of alkyl halides is 3. The van der Waals surface area contributed by atoms with Gasteiger partial charge < -0.3 is 14.7 Å². The van der Waals surface area contributed by atoms with Crippen molar-refractivity contribution < 1.29 is 23.0 Å². The molecule has 1 N–H and O–H groups in total. The molecular weight excluding hydrogens is 299 g/mol. The average Bonchev–Trinajstić information content (AvgIpc) is 3.15. The summed E-state index contributed by atoms with van der Waals surface area (Å²) in [5, 5.41) is 18.6. The molecule has 1 aromatic rings. The van der Waals surface area contributed by atoms with Gasteiger partial charge in [-0.3, -0.25) is 0 Å². The summed E-state index contributed by atoms with van der Waals surface area (Å²) < 4.78 is 43.7. The van der Waals surface area contributed by atoms with E-state index in [4.69, 9.17) is 10.00 Å². The van der Waals surface area contributed by atoms with Crippen molar-refractivity contribution in [3.8, 4) is 11.8 Å². The highest BCUT2D eigenvalue weighted by Gasteiger charge is 2.60. The summed E-state index contributed by atoms with van der Waals surface area (Å²) >= 11 is 0. The standard InChI is InChI=1S/C14H14F3N3O2/c1-22-11-3-8(5-19-10(11)4-18)20-6-7-2-9(7)12(20)13(21)14(15,16)17/h3,5,7,9,12-13,21H,2,6H2,1H3/t7-,9-,12-,13-/m1/s1. The Hall–Kier alpha value is -2.01. The molecule has 2 fully saturated rings. The van der Waals surface area contributed by atoms with Crippen molar-refractivity contribution in [2.75, 3.05) is 18.6 Å². The second-order valence-corrected chi connectivity index (χ2v) is 5.65. The van der Waals surface area contributed by atoms with Crippen LogP contribution in [0.3, 0.4) is 0 Å². The number of nitrogens with zero attached hydrogens (tertiary/aromatic N) is 3. The zero-order chi connectivity index (χ0) is 16.1. The average molecular weight is 313 g/mol. The third-order valence-corrected chi connectivity index (χ3v) is 4.36. The maximum atomic E-state index is 12.9. The number of ether oxygens (including phenoxy) is 1. The Bertz CT molecular complexity index is 629. The second kappa shape index (κ2) is 5.02. The lowest BCUT2D eigenvalue weighted by molar-refractivity contribution is -0.210. The molecule has 3 rings (SSSR count). The zero-order valence-electron chi connectivity index (χ0n) is 11.7. The van der Waals surface area contributed by atoms with Gasteiger partial charge in [0.15, 0.2) is 17.5 Å². The van der Waals surface area contributed by atoms with Gasteiger partial charge in [0.2, 0.25) is 0 Å². The van der Waals surface area contributed by atoms with Crippen molar-refractivity contribution in [3.05, 3.63) is 18.0 Å². The summed E-state index contributed by atoms with van der Waals surface area (Å²) in [6.07, 6.45) is -5.01. The number of pyridine rings is 1. The molecule has 0 unspecified atom stereocenters. The molecule has 118 valence electrons. The van der Waals surface area contributed by atoms with E-state index in [9.17, 15) is 18.3 Å². The molecule has 2 heterocycles. The summed E-state index contributed by atoms with van der Waals surface area (Å²) in [4.78, 5) is 5.44. The van der Waals surface area contributed by atoms with Gasteiger partial charge in [0.05, 0.1) is 25.0 Å².